The maximum atomic E-state index is 12.5. The van der Waals surface area contributed by atoms with Crippen LogP contribution in [0.4, 0.5) is 4.79 Å². The molecule has 0 aliphatic heterocycles. The van der Waals surface area contributed by atoms with Crippen molar-refractivity contribution >= 4 is 22.8 Å². The van der Waals surface area contributed by atoms with Crippen molar-refractivity contribution < 1.29 is 9.59 Å². The number of urea groups is 1. The van der Waals surface area contributed by atoms with Crippen molar-refractivity contribution in [3.63, 3.8) is 0 Å². The topological polar surface area (TPSA) is 110 Å². The van der Waals surface area contributed by atoms with Gasteiger partial charge in [-0.1, -0.05) is 32.0 Å². The summed E-state index contributed by atoms with van der Waals surface area (Å²) in [4.78, 5) is 27.3. The number of nitriles is 1. The van der Waals surface area contributed by atoms with Gasteiger partial charge in [-0.15, -0.1) is 0 Å². The predicted molar refractivity (Wildman–Crippen MR) is 126 cm³/mol. The van der Waals surface area contributed by atoms with Crippen LogP contribution in [-0.4, -0.2) is 36.6 Å². The van der Waals surface area contributed by atoms with E-state index in [1.54, 1.807) is 6.20 Å². The van der Waals surface area contributed by atoms with Crippen LogP contribution in [0.3, 0.4) is 0 Å². The molecule has 4 N–H and O–H groups in total. The summed E-state index contributed by atoms with van der Waals surface area (Å²) in [7, 11) is 0. The van der Waals surface area contributed by atoms with E-state index in [9.17, 15) is 14.9 Å². The van der Waals surface area contributed by atoms with Gasteiger partial charge in [0.15, 0.2) is 0 Å². The first kappa shape index (κ1) is 22.9. The Morgan fingerprint density at radius 3 is 2.50 bits per heavy atom. The first-order valence-corrected chi connectivity index (χ1v) is 10.7. The second-order valence-electron chi connectivity index (χ2n) is 8.37. The van der Waals surface area contributed by atoms with Gasteiger partial charge in [-0.25, -0.2) is 4.79 Å². The summed E-state index contributed by atoms with van der Waals surface area (Å²) in [6.45, 7) is 7.54. The van der Waals surface area contributed by atoms with E-state index < -0.39 is 0 Å². The van der Waals surface area contributed by atoms with Gasteiger partial charge in [0, 0.05) is 47.7 Å². The lowest BCUT2D eigenvalue weighted by Gasteiger charge is -2.26. The average molecular weight is 432 g/mol. The zero-order valence-corrected chi connectivity index (χ0v) is 18.7. The highest BCUT2D eigenvalue weighted by atomic mass is 16.2. The fourth-order valence-electron chi connectivity index (χ4n) is 3.54. The normalized spacial score (nSPS) is 11.1. The smallest absolute Gasteiger partial charge is 0.314 e. The summed E-state index contributed by atoms with van der Waals surface area (Å²) >= 11 is 0. The van der Waals surface area contributed by atoms with Crippen LogP contribution in [-0.2, 0) is 11.8 Å². The molecular formula is C25H29N5O2. The molecule has 32 heavy (non-hydrogen) atoms. The molecule has 0 saturated heterocycles. The third-order valence-electron chi connectivity index (χ3n) is 5.52. The fourth-order valence-corrected chi connectivity index (χ4v) is 3.54. The number of hydrogen-bond donors (Lipinski definition) is 4. The Labute approximate surface area is 188 Å². The maximum absolute atomic E-state index is 12.5. The minimum atomic E-state index is -0.265. The number of carbonyl (C=O) groups is 2. The molecule has 0 bridgehead atoms. The summed E-state index contributed by atoms with van der Waals surface area (Å²) in [5, 5.41) is 18.6. The van der Waals surface area contributed by atoms with Crippen molar-refractivity contribution in [2.75, 3.05) is 19.6 Å². The molecule has 0 atom stereocenters. The molecule has 1 aromatic heterocycles. The number of amides is 3. The van der Waals surface area contributed by atoms with Crippen molar-refractivity contribution in [2.45, 2.75) is 32.6 Å². The Morgan fingerprint density at radius 1 is 1.06 bits per heavy atom. The Balaban J connectivity index is 1.54. The third kappa shape index (κ3) is 5.46. The molecule has 0 aliphatic carbocycles. The predicted octanol–water partition coefficient (Wildman–Crippen LogP) is 3.61. The lowest BCUT2D eigenvalue weighted by Crippen LogP contribution is -2.42. The lowest BCUT2D eigenvalue weighted by molar-refractivity contribution is 0.0954. The molecule has 3 aromatic rings. The van der Waals surface area contributed by atoms with Crippen LogP contribution in [0.15, 0.2) is 48.7 Å². The van der Waals surface area contributed by atoms with Gasteiger partial charge in [-0.05, 0) is 48.7 Å². The Morgan fingerprint density at radius 2 is 1.81 bits per heavy atom. The van der Waals surface area contributed by atoms with Crippen molar-refractivity contribution in [1.29, 1.82) is 5.26 Å². The quantitative estimate of drug-likeness (QED) is 0.437. The molecule has 3 amide bonds. The summed E-state index contributed by atoms with van der Waals surface area (Å²) in [6, 6.07) is 15.4. The Bertz CT molecular complexity index is 1140. The van der Waals surface area contributed by atoms with Crippen molar-refractivity contribution in [3.05, 3.63) is 70.9 Å². The second-order valence-corrected chi connectivity index (χ2v) is 8.37. The molecule has 7 heteroatoms. The fraction of sp³-hybridized carbons (Fsp3) is 0.320. The van der Waals surface area contributed by atoms with Gasteiger partial charge in [0.2, 0.25) is 0 Å². The molecule has 3 rings (SSSR count). The molecule has 0 fully saturated rings. The van der Waals surface area contributed by atoms with Crippen LogP contribution in [0.25, 0.3) is 10.9 Å². The Kier molecular flexibility index (Phi) is 7.16. The van der Waals surface area contributed by atoms with E-state index in [0.29, 0.717) is 37.2 Å². The van der Waals surface area contributed by atoms with Gasteiger partial charge in [0.05, 0.1) is 5.56 Å². The van der Waals surface area contributed by atoms with Crippen molar-refractivity contribution in [1.82, 2.24) is 20.9 Å². The van der Waals surface area contributed by atoms with Crippen LogP contribution in [0.1, 0.15) is 47.8 Å². The van der Waals surface area contributed by atoms with E-state index in [1.807, 2.05) is 63.2 Å². The van der Waals surface area contributed by atoms with E-state index in [1.165, 1.54) is 0 Å². The van der Waals surface area contributed by atoms with Gasteiger partial charge in [-0.3, -0.25) is 4.79 Å². The molecule has 0 saturated carbocycles. The Hall–Kier alpha value is -3.79. The number of nitrogens with one attached hydrogen (secondary N) is 4. The van der Waals surface area contributed by atoms with Gasteiger partial charge < -0.3 is 20.9 Å². The summed E-state index contributed by atoms with van der Waals surface area (Å²) in [6.07, 6.45) is 2.38. The number of aromatic nitrogens is 1. The van der Waals surface area contributed by atoms with Crippen LogP contribution in [0.2, 0.25) is 0 Å². The highest BCUT2D eigenvalue weighted by Gasteiger charge is 2.21. The molecule has 0 spiro atoms. The van der Waals surface area contributed by atoms with Gasteiger partial charge in [0.25, 0.3) is 5.91 Å². The van der Waals surface area contributed by atoms with Crippen LogP contribution < -0.4 is 16.0 Å². The zero-order chi connectivity index (χ0) is 23.1. The highest BCUT2D eigenvalue weighted by molar-refractivity contribution is 5.94. The molecular weight excluding hydrogens is 402 g/mol. The molecule has 2 aromatic carbocycles. The van der Waals surface area contributed by atoms with Crippen LogP contribution in [0, 0.1) is 11.3 Å². The number of hydrogen-bond acceptors (Lipinski definition) is 3. The van der Waals surface area contributed by atoms with Crippen molar-refractivity contribution in [2.24, 2.45) is 0 Å². The number of carbonyl (C=O) groups excluding carboxylic acids is 2. The summed E-state index contributed by atoms with van der Waals surface area (Å²) in [5.74, 6) is -0.129. The summed E-state index contributed by atoms with van der Waals surface area (Å²) in [5.41, 5.74) is 3.98. The first-order valence-electron chi connectivity index (χ1n) is 10.7. The number of rotatable bonds is 8. The van der Waals surface area contributed by atoms with Gasteiger partial charge >= 0.3 is 6.03 Å². The number of H-pyrrole nitrogens is 1. The first-order chi connectivity index (χ1) is 15.3. The summed E-state index contributed by atoms with van der Waals surface area (Å²) < 4.78 is 0. The minimum Gasteiger partial charge on any atom is -0.360 e. The van der Waals surface area contributed by atoms with E-state index >= 15 is 0 Å². The second kappa shape index (κ2) is 10.0. The molecule has 7 nitrogen and oxygen atoms in total. The largest absolute Gasteiger partial charge is 0.360 e. The van der Waals surface area contributed by atoms with Gasteiger partial charge in [0.1, 0.15) is 6.07 Å². The molecule has 0 radical (unpaired) electrons. The van der Waals surface area contributed by atoms with Crippen LogP contribution in [0.5, 0.6) is 0 Å². The van der Waals surface area contributed by atoms with Crippen LogP contribution >= 0.6 is 0 Å². The van der Waals surface area contributed by atoms with Gasteiger partial charge in [-0.2, -0.15) is 5.26 Å². The minimum absolute atomic E-state index is 0.129. The average Bonchev–Trinajstić information content (AvgIpc) is 3.20. The highest BCUT2D eigenvalue weighted by Crippen LogP contribution is 2.23. The lowest BCUT2D eigenvalue weighted by atomic mass is 9.84. The van der Waals surface area contributed by atoms with E-state index in [4.69, 9.17) is 0 Å². The maximum Gasteiger partial charge on any atom is 0.314 e. The number of aromatic amines is 1. The third-order valence-corrected chi connectivity index (χ3v) is 5.52. The number of benzene rings is 2. The number of nitrogens with zero attached hydrogens (tertiary/aromatic N) is 1. The monoisotopic (exact) mass is 431 g/mol. The van der Waals surface area contributed by atoms with E-state index in [2.05, 4.69) is 27.0 Å². The van der Waals surface area contributed by atoms with E-state index in [0.717, 1.165) is 22.0 Å². The van der Waals surface area contributed by atoms with Crippen molar-refractivity contribution in [3.8, 4) is 6.07 Å². The van der Waals surface area contributed by atoms with E-state index in [-0.39, 0.29) is 17.4 Å². The molecule has 0 aliphatic rings. The molecule has 1 heterocycles. The molecule has 166 valence electrons. The zero-order valence-electron chi connectivity index (χ0n) is 18.7. The number of fused-ring (bicyclic) bond motifs is 1. The molecule has 0 unspecified atom stereocenters. The standard InChI is InChI=1S/C25H29N5O2/c1-4-27-24(32)30-16-25(2,3)20-8-6-18(7-9-20)23(31)28-12-11-17-5-10-22-21(13-17)19(14-26)15-29-22/h5-10,13,15,29H,4,11-12,16H2,1-3H3,(H,28,31)(H2,27,30,32). The SMILES string of the molecule is CCNC(=O)NCC(C)(C)c1ccc(C(=O)NCCc2ccc3[nH]cc(C#N)c3c2)cc1.